The largest absolute Gasteiger partial charge is 0.298 e. The first-order valence-corrected chi connectivity index (χ1v) is 4.67. The Labute approximate surface area is 87.5 Å². The summed E-state index contributed by atoms with van der Waals surface area (Å²) in [6.45, 7) is 0. The van der Waals surface area contributed by atoms with Crippen molar-refractivity contribution in [3.8, 4) is 0 Å². The Morgan fingerprint density at radius 1 is 1.13 bits per heavy atom. The lowest BCUT2D eigenvalue weighted by atomic mass is 9.98. The second kappa shape index (κ2) is 4.05. The van der Waals surface area contributed by atoms with Crippen molar-refractivity contribution >= 4 is 23.3 Å². The minimum absolute atomic E-state index is 0.162. The van der Waals surface area contributed by atoms with Gasteiger partial charge >= 0.3 is 0 Å². The molecule has 0 N–H and O–H groups in total. The number of hydrogen-bond acceptors (Lipinski definition) is 2. The summed E-state index contributed by atoms with van der Waals surface area (Å²) in [5, 5.41) is 1.99. The van der Waals surface area contributed by atoms with Gasteiger partial charge in [-0.15, -0.1) is 0 Å². The van der Waals surface area contributed by atoms with Gasteiger partial charge in [-0.2, -0.15) is 0 Å². The van der Waals surface area contributed by atoms with Gasteiger partial charge in [0.05, 0.1) is 0 Å². The number of hydrogen-bond donors (Lipinski definition) is 0. The van der Waals surface area contributed by atoms with Gasteiger partial charge in [-0.25, -0.2) is 0 Å². The molecule has 1 radical (unpaired) electrons. The van der Waals surface area contributed by atoms with Gasteiger partial charge in [-0.3, -0.25) is 9.59 Å². The first kappa shape index (κ1) is 9.59. The van der Waals surface area contributed by atoms with Crippen molar-refractivity contribution in [3.63, 3.8) is 0 Å². The smallest absolute Gasteiger partial charge is 0.203 e. The Kier molecular flexibility index (Phi) is 2.59. The molecule has 73 valence electrons. The van der Waals surface area contributed by atoms with Gasteiger partial charge in [-0.05, 0) is 16.3 Å². The summed E-state index contributed by atoms with van der Waals surface area (Å²) in [7, 11) is 0. The molecule has 0 heterocycles. The lowest BCUT2D eigenvalue weighted by molar-refractivity contribution is 0.112. The van der Waals surface area contributed by atoms with Gasteiger partial charge < -0.3 is 0 Å². The van der Waals surface area contributed by atoms with Crippen LogP contribution in [0.25, 0.3) is 10.8 Å². The minimum Gasteiger partial charge on any atom is -0.298 e. The van der Waals surface area contributed by atoms with E-state index in [4.69, 9.17) is 0 Å². The van der Waals surface area contributed by atoms with Crippen molar-refractivity contribution in [2.24, 2.45) is 0 Å². The van der Waals surface area contributed by atoms with Crippen LogP contribution in [0.4, 0.5) is 0 Å². The molecule has 0 aliphatic heterocycles. The van der Waals surface area contributed by atoms with Crippen LogP contribution < -0.4 is 0 Å². The summed E-state index contributed by atoms with van der Waals surface area (Å²) < 4.78 is 0. The van der Waals surface area contributed by atoms with Gasteiger partial charge in [0, 0.05) is 12.0 Å². The summed E-state index contributed by atoms with van der Waals surface area (Å²) >= 11 is 0. The summed E-state index contributed by atoms with van der Waals surface area (Å²) in [6, 6.07) is 11.3. The minimum atomic E-state index is 0.162. The number of fused-ring (bicyclic) bond motifs is 1. The topological polar surface area (TPSA) is 34.1 Å². The van der Waals surface area contributed by atoms with Gasteiger partial charge in [0.2, 0.25) is 6.29 Å². The molecule has 0 aromatic heterocycles. The Morgan fingerprint density at radius 3 is 2.67 bits per heavy atom. The first-order chi connectivity index (χ1) is 7.36. The maximum absolute atomic E-state index is 10.8. The Balaban J connectivity index is 2.77. The van der Waals surface area contributed by atoms with Crippen molar-refractivity contribution in [1.29, 1.82) is 0 Å². The number of rotatable bonds is 3. The third-order valence-electron chi connectivity index (χ3n) is 2.45. The van der Waals surface area contributed by atoms with E-state index in [-0.39, 0.29) is 6.42 Å². The fourth-order valence-electron chi connectivity index (χ4n) is 1.73. The van der Waals surface area contributed by atoms with E-state index in [9.17, 15) is 9.59 Å². The highest BCUT2D eigenvalue weighted by molar-refractivity contribution is 5.94. The average Bonchev–Trinajstić information content (AvgIpc) is 2.30. The standard InChI is InChI=1S/C13H9O2/c14-8-7-13-11(9-15)6-5-10-3-1-2-4-12(10)13/h1-6,9H,7H2. The number of benzene rings is 2. The molecule has 2 aromatic carbocycles. The molecule has 0 amide bonds. The quantitative estimate of drug-likeness (QED) is 0.707. The first-order valence-electron chi connectivity index (χ1n) is 4.67. The monoisotopic (exact) mass is 197 g/mol. The maximum Gasteiger partial charge on any atom is 0.203 e. The fourth-order valence-corrected chi connectivity index (χ4v) is 1.73. The lowest BCUT2D eigenvalue weighted by Gasteiger charge is -2.05. The predicted octanol–water partition coefficient (Wildman–Crippen LogP) is 2.30. The van der Waals surface area contributed by atoms with Crippen LogP contribution in [-0.4, -0.2) is 12.6 Å². The van der Waals surface area contributed by atoms with Crippen molar-refractivity contribution in [2.45, 2.75) is 6.42 Å². The molecule has 0 aliphatic carbocycles. The molecule has 15 heavy (non-hydrogen) atoms. The van der Waals surface area contributed by atoms with E-state index in [1.165, 1.54) is 0 Å². The fraction of sp³-hybridized carbons (Fsp3) is 0.0769. The molecule has 0 saturated carbocycles. The zero-order valence-electron chi connectivity index (χ0n) is 8.07. The van der Waals surface area contributed by atoms with Gasteiger partial charge in [0.25, 0.3) is 0 Å². The van der Waals surface area contributed by atoms with E-state index in [0.29, 0.717) is 5.56 Å². The van der Waals surface area contributed by atoms with Crippen LogP contribution in [0.5, 0.6) is 0 Å². The SMILES string of the molecule is O=[C]Cc1c(C=O)ccc2ccccc12. The predicted molar refractivity (Wildman–Crippen MR) is 58.7 cm³/mol. The van der Waals surface area contributed by atoms with Crippen LogP contribution in [0.15, 0.2) is 36.4 Å². The van der Waals surface area contributed by atoms with E-state index >= 15 is 0 Å². The highest BCUT2D eigenvalue weighted by Crippen LogP contribution is 2.21. The van der Waals surface area contributed by atoms with E-state index in [1.54, 1.807) is 6.07 Å². The second-order valence-electron chi connectivity index (χ2n) is 3.29. The number of carbonyl (C=O) groups excluding carboxylic acids is 2. The van der Waals surface area contributed by atoms with Crippen molar-refractivity contribution in [3.05, 3.63) is 47.5 Å². The summed E-state index contributed by atoms with van der Waals surface area (Å²) in [4.78, 5) is 21.3. The third kappa shape index (κ3) is 1.66. The second-order valence-corrected chi connectivity index (χ2v) is 3.29. The number of aldehydes is 1. The molecule has 0 saturated heterocycles. The molecule has 0 aliphatic rings. The lowest BCUT2D eigenvalue weighted by Crippen LogP contribution is -1.95. The van der Waals surface area contributed by atoms with Crippen molar-refractivity contribution in [2.75, 3.05) is 0 Å². The molecule has 0 spiro atoms. The molecule has 0 bridgehead atoms. The highest BCUT2D eigenvalue weighted by Gasteiger charge is 2.06. The van der Waals surface area contributed by atoms with Crippen molar-refractivity contribution < 1.29 is 9.59 Å². The zero-order valence-corrected chi connectivity index (χ0v) is 8.07. The average molecular weight is 197 g/mol. The molecule has 2 aromatic rings. The molecule has 0 fully saturated rings. The highest BCUT2D eigenvalue weighted by atomic mass is 16.1. The normalized spacial score (nSPS) is 10.1. The Morgan fingerprint density at radius 2 is 1.93 bits per heavy atom. The van der Waals surface area contributed by atoms with Crippen LogP contribution in [-0.2, 0) is 11.2 Å². The van der Waals surface area contributed by atoms with Crippen molar-refractivity contribution in [1.82, 2.24) is 0 Å². The van der Waals surface area contributed by atoms with E-state index in [2.05, 4.69) is 0 Å². The van der Waals surface area contributed by atoms with Crippen LogP contribution in [0, 0.1) is 0 Å². The zero-order chi connectivity index (χ0) is 10.7. The van der Waals surface area contributed by atoms with E-state index in [1.807, 2.05) is 36.6 Å². The molecular formula is C13H9O2. The van der Waals surface area contributed by atoms with Gasteiger partial charge in [-0.1, -0.05) is 36.4 Å². The van der Waals surface area contributed by atoms with Crippen LogP contribution in [0.1, 0.15) is 15.9 Å². The summed E-state index contributed by atoms with van der Waals surface area (Å²) in [5.41, 5.74) is 1.33. The van der Waals surface area contributed by atoms with Gasteiger partial charge in [0.15, 0.2) is 0 Å². The Hall–Kier alpha value is -1.96. The van der Waals surface area contributed by atoms with Gasteiger partial charge in [0.1, 0.15) is 6.29 Å². The van der Waals surface area contributed by atoms with Crippen LogP contribution >= 0.6 is 0 Å². The summed E-state index contributed by atoms with van der Waals surface area (Å²) in [6.07, 6.45) is 2.78. The Bertz CT molecular complexity index is 515. The maximum atomic E-state index is 10.8. The molecule has 0 unspecified atom stereocenters. The molecule has 2 rings (SSSR count). The van der Waals surface area contributed by atoms with Crippen LogP contribution in [0.3, 0.4) is 0 Å². The van der Waals surface area contributed by atoms with Crippen LogP contribution in [0.2, 0.25) is 0 Å². The molecule has 2 heteroatoms. The van der Waals surface area contributed by atoms with E-state index < -0.39 is 0 Å². The third-order valence-corrected chi connectivity index (χ3v) is 2.45. The molecule has 2 nitrogen and oxygen atoms in total. The van der Waals surface area contributed by atoms with E-state index in [0.717, 1.165) is 22.6 Å². The molecular weight excluding hydrogens is 188 g/mol. The number of carbonyl (C=O) groups is 1. The molecule has 0 atom stereocenters. The summed E-state index contributed by atoms with van der Waals surface area (Å²) in [5.74, 6) is 0.